The molecule has 1 aromatic heterocycles. The first-order valence-corrected chi connectivity index (χ1v) is 8.01. The number of fused-ring (bicyclic) bond motifs is 1. The van der Waals surface area contributed by atoms with Gasteiger partial charge in [-0.15, -0.1) is 0 Å². The molecule has 0 saturated heterocycles. The molecule has 0 aliphatic rings. The van der Waals surface area contributed by atoms with Crippen molar-refractivity contribution in [1.82, 2.24) is 0 Å². The minimum atomic E-state index is -0.107. The first-order valence-electron chi connectivity index (χ1n) is 8.01. The maximum absolute atomic E-state index is 13.0. The van der Waals surface area contributed by atoms with Crippen LogP contribution in [0.3, 0.4) is 0 Å². The van der Waals surface area contributed by atoms with Crippen molar-refractivity contribution in [2.45, 2.75) is 0 Å². The molecular formula is C23H14O2. The van der Waals surface area contributed by atoms with Gasteiger partial charge >= 0.3 is 0 Å². The largest absolute Gasteiger partial charge is 0.454 e. The van der Waals surface area contributed by atoms with Gasteiger partial charge in [0.2, 0.25) is 5.43 Å². The van der Waals surface area contributed by atoms with Crippen LogP contribution in [0.2, 0.25) is 0 Å². The van der Waals surface area contributed by atoms with Gasteiger partial charge in [0.05, 0.1) is 5.39 Å². The third kappa shape index (κ3) is 2.96. The normalized spacial score (nSPS) is 10.2. The SMILES string of the molecule is O=c1c(C#Cc2ccccc2)c(-c2ccccc2)oc2ccccc12. The van der Waals surface area contributed by atoms with Gasteiger partial charge in [0.25, 0.3) is 0 Å². The van der Waals surface area contributed by atoms with Gasteiger partial charge in [-0.25, -0.2) is 0 Å². The van der Waals surface area contributed by atoms with Crippen LogP contribution >= 0.6 is 0 Å². The minimum absolute atomic E-state index is 0.107. The smallest absolute Gasteiger partial charge is 0.208 e. The molecule has 0 saturated carbocycles. The molecule has 118 valence electrons. The molecular weight excluding hydrogens is 308 g/mol. The van der Waals surface area contributed by atoms with Crippen molar-refractivity contribution in [1.29, 1.82) is 0 Å². The average Bonchev–Trinajstić information content (AvgIpc) is 2.69. The molecule has 0 fully saturated rings. The van der Waals surface area contributed by atoms with E-state index in [0.29, 0.717) is 22.3 Å². The van der Waals surface area contributed by atoms with Gasteiger partial charge in [0.15, 0.2) is 5.76 Å². The van der Waals surface area contributed by atoms with E-state index in [0.717, 1.165) is 11.1 Å². The van der Waals surface area contributed by atoms with E-state index in [1.807, 2.05) is 72.8 Å². The lowest BCUT2D eigenvalue weighted by molar-refractivity contribution is 0.617. The standard InChI is InChI=1S/C23H14O2/c24-22-19-13-7-8-14-21(19)25-23(18-11-5-2-6-12-18)20(22)16-15-17-9-3-1-4-10-17/h1-14H. The Balaban J connectivity index is 2.00. The maximum Gasteiger partial charge on any atom is 0.208 e. The molecule has 0 bridgehead atoms. The Kier molecular flexibility index (Phi) is 3.90. The van der Waals surface area contributed by atoms with Gasteiger partial charge in [-0.2, -0.15) is 0 Å². The zero-order valence-electron chi connectivity index (χ0n) is 13.4. The summed E-state index contributed by atoms with van der Waals surface area (Å²) in [6.07, 6.45) is 0. The van der Waals surface area contributed by atoms with E-state index < -0.39 is 0 Å². The minimum Gasteiger partial charge on any atom is -0.454 e. The van der Waals surface area contributed by atoms with Gasteiger partial charge in [0, 0.05) is 11.1 Å². The quantitative estimate of drug-likeness (QED) is 0.468. The highest BCUT2D eigenvalue weighted by atomic mass is 16.3. The lowest BCUT2D eigenvalue weighted by atomic mass is 10.0. The molecule has 4 aromatic rings. The van der Waals surface area contributed by atoms with Crippen molar-refractivity contribution in [2.24, 2.45) is 0 Å². The summed E-state index contributed by atoms with van der Waals surface area (Å²) in [6.45, 7) is 0. The fraction of sp³-hybridized carbons (Fsp3) is 0. The fourth-order valence-electron chi connectivity index (χ4n) is 2.70. The van der Waals surface area contributed by atoms with Crippen LogP contribution in [0.5, 0.6) is 0 Å². The summed E-state index contributed by atoms with van der Waals surface area (Å²) < 4.78 is 6.05. The molecule has 25 heavy (non-hydrogen) atoms. The monoisotopic (exact) mass is 322 g/mol. The molecule has 0 amide bonds. The van der Waals surface area contributed by atoms with Crippen LogP contribution in [0, 0.1) is 11.8 Å². The molecule has 1 heterocycles. The number of hydrogen-bond donors (Lipinski definition) is 0. The highest BCUT2D eigenvalue weighted by Crippen LogP contribution is 2.25. The topological polar surface area (TPSA) is 30.2 Å². The van der Waals surface area contributed by atoms with Crippen molar-refractivity contribution in [2.75, 3.05) is 0 Å². The molecule has 4 rings (SSSR count). The molecule has 0 aliphatic carbocycles. The second-order valence-electron chi connectivity index (χ2n) is 5.61. The van der Waals surface area contributed by atoms with Gasteiger partial charge < -0.3 is 4.42 Å². The van der Waals surface area contributed by atoms with Gasteiger partial charge in [-0.3, -0.25) is 4.79 Å². The fourth-order valence-corrected chi connectivity index (χ4v) is 2.70. The number of benzene rings is 3. The summed E-state index contributed by atoms with van der Waals surface area (Å²) in [4.78, 5) is 13.0. The van der Waals surface area contributed by atoms with Gasteiger partial charge in [0.1, 0.15) is 11.1 Å². The van der Waals surface area contributed by atoms with Crippen molar-refractivity contribution in [3.63, 3.8) is 0 Å². The molecule has 2 nitrogen and oxygen atoms in total. The van der Waals surface area contributed by atoms with E-state index in [2.05, 4.69) is 11.8 Å². The molecule has 0 spiro atoms. The number of hydrogen-bond acceptors (Lipinski definition) is 2. The van der Waals surface area contributed by atoms with Crippen molar-refractivity contribution in [3.05, 3.63) is 106 Å². The summed E-state index contributed by atoms with van der Waals surface area (Å²) in [5.74, 6) is 6.61. The summed E-state index contributed by atoms with van der Waals surface area (Å²) in [7, 11) is 0. The molecule has 0 atom stereocenters. The summed E-state index contributed by atoms with van der Waals surface area (Å²) in [5.41, 5.74) is 2.53. The average molecular weight is 322 g/mol. The Hall–Kier alpha value is -3.57. The van der Waals surface area contributed by atoms with Crippen LogP contribution in [0.1, 0.15) is 11.1 Å². The third-order valence-corrected chi connectivity index (χ3v) is 3.94. The zero-order chi connectivity index (χ0) is 17.1. The van der Waals surface area contributed by atoms with E-state index in [4.69, 9.17) is 4.42 Å². The van der Waals surface area contributed by atoms with E-state index in [1.165, 1.54) is 0 Å². The molecule has 0 radical (unpaired) electrons. The van der Waals surface area contributed by atoms with Crippen molar-refractivity contribution in [3.8, 4) is 23.2 Å². The second kappa shape index (κ2) is 6.51. The molecule has 0 N–H and O–H groups in total. The Morgan fingerprint density at radius 3 is 2.08 bits per heavy atom. The molecule has 0 unspecified atom stereocenters. The van der Waals surface area contributed by atoms with Gasteiger partial charge in [-0.05, 0) is 24.3 Å². The lowest BCUT2D eigenvalue weighted by Crippen LogP contribution is -2.08. The van der Waals surface area contributed by atoms with Crippen LogP contribution in [0.4, 0.5) is 0 Å². The highest BCUT2D eigenvalue weighted by Gasteiger charge is 2.14. The van der Waals surface area contributed by atoms with Gasteiger partial charge in [-0.1, -0.05) is 72.5 Å². The number of rotatable bonds is 1. The second-order valence-corrected chi connectivity index (χ2v) is 5.61. The number of para-hydroxylation sites is 1. The van der Waals surface area contributed by atoms with Crippen LogP contribution < -0.4 is 5.43 Å². The zero-order valence-corrected chi connectivity index (χ0v) is 13.4. The Bertz CT molecular complexity index is 1140. The van der Waals surface area contributed by atoms with E-state index in [-0.39, 0.29) is 5.43 Å². The Labute approximate surface area is 145 Å². The molecule has 3 aromatic carbocycles. The summed E-state index contributed by atoms with van der Waals surface area (Å²) in [5, 5.41) is 0.541. The highest BCUT2D eigenvalue weighted by molar-refractivity contribution is 5.82. The van der Waals surface area contributed by atoms with Crippen LogP contribution in [-0.4, -0.2) is 0 Å². The predicted octanol–water partition coefficient (Wildman–Crippen LogP) is 4.86. The lowest BCUT2D eigenvalue weighted by Gasteiger charge is -2.06. The third-order valence-electron chi connectivity index (χ3n) is 3.94. The van der Waals surface area contributed by atoms with E-state index >= 15 is 0 Å². The van der Waals surface area contributed by atoms with Crippen molar-refractivity contribution >= 4 is 11.0 Å². The Morgan fingerprint density at radius 1 is 0.680 bits per heavy atom. The first-order chi connectivity index (χ1) is 12.3. The van der Waals surface area contributed by atoms with E-state index in [9.17, 15) is 4.79 Å². The Morgan fingerprint density at radius 2 is 1.32 bits per heavy atom. The van der Waals surface area contributed by atoms with Crippen molar-refractivity contribution < 1.29 is 4.42 Å². The van der Waals surface area contributed by atoms with Crippen LogP contribution in [0.25, 0.3) is 22.3 Å². The van der Waals surface area contributed by atoms with E-state index in [1.54, 1.807) is 12.1 Å². The predicted molar refractivity (Wildman–Crippen MR) is 100 cm³/mol. The first kappa shape index (κ1) is 15.0. The summed E-state index contributed by atoms with van der Waals surface area (Å²) >= 11 is 0. The molecule has 2 heteroatoms. The summed E-state index contributed by atoms with van der Waals surface area (Å²) in [6, 6.07) is 26.5. The van der Waals surface area contributed by atoms with Crippen LogP contribution in [-0.2, 0) is 0 Å². The van der Waals surface area contributed by atoms with Crippen LogP contribution in [0.15, 0.2) is 94.1 Å². The maximum atomic E-state index is 13.0. The molecule has 0 aliphatic heterocycles.